The van der Waals surface area contributed by atoms with Crippen molar-refractivity contribution in [3.63, 3.8) is 0 Å². The zero-order valence-corrected chi connectivity index (χ0v) is 27.7. The summed E-state index contributed by atoms with van der Waals surface area (Å²) in [6, 6.07) is 0. The van der Waals surface area contributed by atoms with E-state index in [0.29, 0.717) is 0 Å². The first kappa shape index (κ1) is 40.4. The van der Waals surface area contributed by atoms with E-state index in [0.717, 1.165) is 72.0 Å². The molecule has 0 aliphatic carbocycles. The van der Waals surface area contributed by atoms with Crippen LogP contribution in [0.5, 0.6) is 0 Å². The number of hydrogen-bond donors (Lipinski definition) is 8. The van der Waals surface area contributed by atoms with Crippen molar-refractivity contribution in [1.29, 1.82) is 0 Å². The van der Waals surface area contributed by atoms with Gasteiger partial charge in [-0.05, 0) is 169 Å². The van der Waals surface area contributed by atoms with Crippen LogP contribution in [-0.4, -0.2) is 105 Å². The molecule has 0 heterocycles. The number of nitrogens with one attached hydrogen (secondary N) is 8. The van der Waals surface area contributed by atoms with Crippen molar-refractivity contribution in [1.82, 2.24) is 42.5 Å². The molecule has 8 N–H and O–H groups in total. The Morgan fingerprint density at radius 1 is 0.317 bits per heavy atom. The van der Waals surface area contributed by atoms with Crippen LogP contribution in [0, 0.1) is 0 Å². The molecule has 8 heteroatoms. The average Bonchev–Trinajstić information content (AvgIpc) is 2.98. The van der Waals surface area contributed by atoms with Gasteiger partial charge in [-0.25, -0.2) is 0 Å². The topological polar surface area (TPSA) is 96.2 Å². The molecule has 0 saturated carbocycles. The van der Waals surface area contributed by atoms with Gasteiger partial charge in [-0.2, -0.15) is 0 Å². The second kappa shape index (κ2) is 39.4. The molecule has 8 nitrogen and oxygen atoms in total. The van der Waals surface area contributed by atoms with E-state index in [-0.39, 0.29) is 0 Å². The van der Waals surface area contributed by atoms with Crippen LogP contribution in [0.15, 0.2) is 12.2 Å². The minimum Gasteiger partial charge on any atom is -0.320 e. The molecule has 0 aromatic heterocycles. The van der Waals surface area contributed by atoms with Crippen molar-refractivity contribution >= 4 is 0 Å². The average molecular weight is 583 g/mol. The zero-order valence-electron chi connectivity index (χ0n) is 27.7. The second-order valence-electron chi connectivity index (χ2n) is 11.3. The first-order chi connectivity index (χ1) is 20.4. The molecule has 0 fully saturated rings. The monoisotopic (exact) mass is 583 g/mol. The lowest BCUT2D eigenvalue weighted by molar-refractivity contribution is 0.542. The van der Waals surface area contributed by atoms with Crippen LogP contribution in [0.1, 0.15) is 96.8 Å². The highest BCUT2D eigenvalue weighted by molar-refractivity contribution is 4.85. The van der Waals surface area contributed by atoms with Crippen molar-refractivity contribution in [2.24, 2.45) is 0 Å². The van der Waals surface area contributed by atoms with Crippen molar-refractivity contribution in [2.75, 3.05) is 105 Å². The van der Waals surface area contributed by atoms with Crippen LogP contribution in [0.2, 0.25) is 0 Å². The van der Waals surface area contributed by atoms with Gasteiger partial charge in [0, 0.05) is 13.1 Å². The minimum atomic E-state index is 0.982. The minimum absolute atomic E-state index is 0.982. The maximum atomic E-state index is 3.60. The van der Waals surface area contributed by atoms with Gasteiger partial charge >= 0.3 is 0 Å². The predicted octanol–water partition coefficient (Wildman–Crippen LogP) is 3.37. The summed E-state index contributed by atoms with van der Waals surface area (Å²) in [4.78, 5) is 0. The summed E-state index contributed by atoms with van der Waals surface area (Å²) in [5, 5.41) is 27.9. The standard InChI is InChI=1S/C33H74N8/c1-3-35-21-12-13-27-37-23-7-5-9-25-39-29-15-17-31-41-33-19-18-32-40-30-16-14-28-38-24-8-4-6-22-36-26-11-10-20-34-2/h18-19,34-41H,3-17,20-33H2,1-2H3/b19-18+. The normalized spacial score (nSPS) is 11.8. The number of unbranched alkanes of at least 4 members (excludes halogenated alkanes) is 8. The summed E-state index contributed by atoms with van der Waals surface area (Å²) in [5.74, 6) is 0. The predicted molar refractivity (Wildman–Crippen MR) is 183 cm³/mol. The summed E-state index contributed by atoms with van der Waals surface area (Å²) in [6.07, 6.45) is 22.5. The highest BCUT2D eigenvalue weighted by Crippen LogP contribution is 1.95. The lowest BCUT2D eigenvalue weighted by atomic mass is 10.2. The molecule has 0 aliphatic heterocycles. The number of hydrogen-bond acceptors (Lipinski definition) is 8. The first-order valence-electron chi connectivity index (χ1n) is 17.7. The highest BCUT2D eigenvalue weighted by Gasteiger charge is 1.94. The molecule has 0 spiro atoms. The van der Waals surface area contributed by atoms with Gasteiger partial charge in [-0.1, -0.05) is 31.9 Å². The molecular weight excluding hydrogens is 508 g/mol. The molecule has 41 heavy (non-hydrogen) atoms. The smallest absolute Gasteiger partial charge is 0.0135 e. The van der Waals surface area contributed by atoms with Gasteiger partial charge in [0.05, 0.1) is 0 Å². The van der Waals surface area contributed by atoms with E-state index in [1.54, 1.807) is 0 Å². The Morgan fingerprint density at radius 2 is 0.585 bits per heavy atom. The fourth-order valence-corrected chi connectivity index (χ4v) is 4.62. The SMILES string of the molecule is CCNCCCCNCCCCCNCCCCNC/C=C/CNCCCCNCCCCCNCCCCNC. The molecule has 0 aromatic rings. The van der Waals surface area contributed by atoms with Crippen LogP contribution in [0.25, 0.3) is 0 Å². The summed E-state index contributed by atoms with van der Waals surface area (Å²) in [7, 11) is 2.02. The molecule has 0 radical (unpaired) electrons. The van der Waals surface area contributed by atoms with Crippen molar-refractivity contribution in [3.05, 3.63) is 12.2 Å². The Morgan fingerprint density at radius 3 is 0.902 bits per heavy atom. The quantitative estimate of drug-likeness (QED) is 0.0418. The summed E-state index contributed by atoms with van der Waals surface area (Å²) < 4.78 is 0. The third-order valence-electron chi connectivity index (χ3n) is 7.26. The number of rotatable bonds is 37. The van der Waals surface area contributed by atoms with Crippen molar-refractivity contribution in [3.8, 4) is 0 Å². The van der Waals surface area contributed by atoms with Crippen LogP contribution in [0.4, 0.5) is 0 Å². The third-order valence-corrected chi connectivity index (χ3v) is 7.26. The third kappa shape index (κ3) is 39.4. The Bertz CT molecular complexity index is 478. The Labute approximate surface area is 256 Å². The van der Waals surface area contributed by atoms with E-state index in [2.05, 4.69) is 61.6 Å². The maximum Gasteiger partial charge on any atom is 0.0135 e. The van der Waals surface area contributed by atoms with E-state index in [4.69, 9.17) is 0 Å². The second-order valence-corrected chi connectivity index (χ2v) is 11.3. The van der Waals surface area contributed by atoms with Crippen molar-refractivity contribution < 1.29 is 0 Å². The Balaban J connectivity index is 3.08. The molecule has 246 valence electrons. The first-order valence-corrected chi connectivity index (χ1v) is 17.7. The molecule has 0 unspecified atom stereocenters. The molecular formula is C33H74N8. The molecule has 0 amide bonds. The molecule has 0 atom stereocenters. The lowest BCUT2D eigenvalue weighted by Crippen LogP contribution is -2.21. The van der Waals surface area contributed by atoms with Gasteiger partial charge < -0.3 is 42.5 Å². The molecule has 0 saturated heterocycles. The van der Waals surface area contributed by atoms with Crippen LogP contribution >= 0.6 is 0 Å². The lowest BCUT2D eigenvalue weighted by Gasteiger charge is -2.07. The summed E-state index contributed by atoms with van der Waals surface area (Å²) in [6.45, 7) is 19.0. The Hall–Kier alpha value is -0.580. The van der Waals surface area contributed by atoms with Gasteiger partial charge in [-0.3, -0.25) is 0 Å². The van der Waals surface area contributed by atoms with Gasteiger partial charge in [0.15, 0.2) is 0 Å². The molecule has 0 aromatic carbocycles. The van der Waals surface area contributed by atoms with E-state index >= 15 is 0 Å². The molecule has 0 aliphatic rings. The van der Waals surface area contributed by atoms with Gasteiger partial charge in [0.2, 0.25) is 0 Å². The molecule has 0 rings (SSSR count). The van der Waals surface area contributed by atoms with Crippen LogP contribution < -0.4 is 42.5 Å². The maximum absolute atomic E-state index is 3.60. The van der Waals surface area contributed by atoms with E-state index < -0.39 is 0 Å². The largest absolute Gasteiger partial charge is 0.320 e. The zero-order chi connectivity index (χ0) is 29.6. The fourth-order valence-electron chi connectivity index (χ4n) is 4.62. The summed E-state index contributed by atoms with van der Waals surface area (Å²) >= 11 is 0. The van der Waals surface area contributed by atoms with Crippen LogP contribution in [0.3, 0.4) is 0 Å². The Kier molecular flexibility index (Phi) is 38.9. The summed E-state index contributed by atoms with van der Waals surface area (Å²) in [5.41, 5.74) is 0. The van der Waals surface area contributed by atoms with E-state index in [9.17, 15) is 0 Å². The van der Waals surface area contributed by atoms with Crippen LogP contribution in [-0.2, 0) is 0 Å². The van der Waals surface area contributed by atoms with E-state index in [1.807, 2.05) is 7.05 Å². The van der Waals surface area contributed by atoms with Gasteiger partial charge in [0.1, 0.15) is 0 Å². The van der Waals surface area contributed by atoms with Crippen molar-refractivity contribution in [2.45, 2.75) is 96.8 Å². The molecule has 0 bridgehead atoms. The fraction of sp³-hybridized carbons (Fsp3) is 0.939. The highest BCUT2D eigenvalue weighted by atomic mass is 14.9. The van der Waals surface area contributed by atoms with Gasteiger partial charge in [-0.15, -0.1) is 0 Å². The van der Waals surface area contributed by atoms with E-state index in [1.165, 1.54) is 116 Å². The van der Waals surface area contributed by atoms with Gasteiger partial charge in [0.25, 0.3) is 0 Å².